The molecule has 0 atom stereocenters. The van der Waals surface area contributed by atoms with E-state index in [1.54, 1.807) is 12.3 Å². The van der Waals surface area contributed by atoms with Gasteiger partial charge in [-0.25, -0.2) is 4.79 Å². The molecule has 4 rings (SSSR count). The van der Waals surface area contributed by atoms with Gasteiger partial charge in [-0.3, -0.25) is 9.78 Å². The van der Waals surface area contributed by atoms with E-state index in [1.165, 1.54) is 0 Å². The highest BCUT2D eigenvalue weighted by molar-refractivity contribution is 6.01. The molecule has 1 aliphatic rings. The minimum Gasteiger partial charge on any atom is -0.348 e. The number of benzene rings is 2. The first kappa shape index (κ1) is 16.8. The number of anilines is 2. The molecule has 134 valence electrons. The van der Waals surface area contributed by atoms with Crippen LogP contribution in [0, 0.1) is 6.92 Å². The summed E-state index contributed by atoms with van der Waals surface area (Å²) in [6.07, 6.45) is 1.61. The van der Waals surface area contributed by atoms with Gasteiger partial charge in [-0.1, -0.05) is 24.3 Å². The van der Waals surface area contributed by atoms with Crippen molar-refractivity contribution in [1.82, 2.24) is 10.3 Å². The van der Waals surface area contributed by atoms with Gasteiger partial charge in [0, 0.05) is 23.4 Å². The molecule has 27 heavy (non-hydrogen) atoms. The Morgan fingerprint density at radius 3 is 2.56 bits per heavy atom. The smallest absolute Gasteiger partial charge is 0.323 e. The number of pyridine rings is 1. The zero-order valence-electron chi connectivity index (χ0n) is 14.7. The zero-order valence-corrected chi connectivity index (χ0v) is 14.7. The molecular weight excluding hydrogens is 340 g/mol. The molecule has 0 aliphatic carbocycles. The molecule has 3 amide bonds. The van der Waals surface area contributed by atoms with Crippen molar-refractivity contribution in [2.45, 2.75) is 13.5 Å². The quantitative estimate of drug-likeness (QED) is 0.663. The number of rotatable bonds is 3. The fourth-order valence-electron chi connectivity index (χ4n) is 3.14. The number of fused-ring (bicyclic) bond motifs is 1. The predicted molar refractivity (Wildman–Crippen MR) is 105 cm³/mol. The van der Waals surface area contributed by atoms with Crippen LogP contribution in [-0.4, -0.2) is 16.9 Å². The molecule has 0 unspecified atom stereocenters. The van der Waals surface area contributed by atoms with Gasteiger partial charge in [-0.2, -0.15) is 0 Å². The molecular formula is C21H18N4O2. The molecule has 1 aromatic heterocycles. The van der Waals surface area contributed by atoms with Crippen molar-refractivity contribution >= 4 is 23.3 Å². The molecule has 0 spiro atoms. The lowest BCUT2D eigenvalue weighted by Gasteiger charge is -2.10. The van der Waals surface area contributed by atoms with Crippen LogP contribution in [0.1, 0.15) is 21.5 Å². The number of hydrogen-bond acceptors (Lipinski definition) is 3. The molecule has 0 saturated heterocycles. The Labute approximate surface area is 156 Å². The third-order valence-electron chi connectivity index (χ3n) is 4.42. The van der Waals surface area contributed by atoms with E-state index in [0.29, 0.717) is 17.8 Å². The Kier molecular flexibility index (Phi) is 4.30. The molecule has 0 saturated carbocycles. The van der Waals surface area contributed by atoms with Gasteiger partial charge in [0.2, 0.25) is 0 Å². The molecule has 0 radical (unpaired) electrons. The third kappa shape index (κ3) is 3.50. The van der Waals surface area contributed by atoms with Crippen molar-refractivity contribution in [3.63, 3.8) is 0 Å². The van der Waals surface area contributed by atoms with Gasteiger partial charge in [-0.05, 0) is 48.4 Å². The van der Waals surface area contributed by atoms with Crippen LogP contribution in [0.2, 0.25) is 0 Å². The molecule has 1 aliphatic heterocycles. The Balaban J connectivity index is 1.48. The van der Waals surface area contributed by atoms with Gasteiger partial charge in [0.25, 0.3) is 5.91 Å². The van der Waals surface area contributed by atoms with Crippen LogP contribution in [0.15, 0.2) is 60.8 Å². The van der Waals surface area contributed by atoms with Crippen LogP contribution in [0.5, 0.6) is 0 Å². The standard InChI is InChI=1S/C21H18N4O2/c1-13-4-2-5-14(10-13)24-21(27)25-15-8-9-19(22-11-15)16-6-3-7-17-18(16)12-23-20(17)26/h2-11H,12H2,1H3,(H,23,26)(H2,24,25,27). The van der Waals surface area contributed by atoms with E-state index < -0.39 is 0 Å². The van der Waals surface area contributed by atoms with Gasteiger partial charge < -0.3 is 16.0 Å². The van der Waals surface area contributed by atoms with Crippen LogP contribution in [0.25, 0.3) is 11.3 Å². The van der Waals surface area contributed by atoms with Crippen molar-refractivity contribution < 1.29 is 9.59 Å². The number of nitrogens with zero attached hydrogens (tertiary/aromatic N) is 1. The molecule has 6 heteroatoms. The number of carbonyl (C=O) groups is 2. The average molecular weight is 358 g/mol. The van der Waals surface area contributed by atoms with E-state index in [-0.39, 0.29) is 11.9 Å². The van der Waals surface area contributed by atoms with E-state index in [4.69, 9.17) is 0 Å². The highest BCUT2D eigenvalue weighted by Crippen LogP contribution is 2.28. The second-order valence-electron chi connectivity index (χ2n) is 6.40. The van der Waals surface area contributed by atoms with Gasteiger partial charge in [-0.15, -0.1) is 0 Å². The number of hydrogen-bond donors (Lipinski definition) is 3. The summed E-state index contributed by atoms with van der Waals surface area (Å²) in [5, 5.41) is 8.39. The van der Waals surface area contributed by atoms with Gasteiger partial charge in [0.15, 0.2) is 0 Å². The summed E-state index contributed by atoms with van der Waals surface area (Å²) in [5.41, 5.74) is 5.71. The number of nitrogens with one attached hydrogen (secondary N) is 3. The first-order chi connectivity index (χ1) is 13.1. The molecule has 6 nitrogen and oxygen atoms in total. The molecule has 3 N–H and O–H groups in total. The fraction of sp³-hybridized carbons (Fsp3) is 0.0952. The number of urea groups is 1. The van der Waals surface area contributed by atoms with E-state index in [0.717, 1.165) is 28.1 Å². The van der Waals surface area contributed by atoms with Crippen LogP contribution in [0.4, 0.5) is 16.2 Å². The lowest BCUT2D eigenvalue weighted by atomic mass is 10.0. The maximum absolute atomic E-state index is 12.1. The second-order valence-corrected chi connectivity index (χ2v) is 6.40. The van der Waals surface area contributed by atoms with Crippen molar-refractivity contribution in [1.29, 1.82) is 0 Å². The Hall–Kier alpha value is -3.67. The summed E-state index contributed by atoms with van der Waals surface area (Å²) < 4.78 is 0. The first-order valence-corrected chi connectivity index (χ1v) is 8.61. The van der Waals surface area contributed by atoms with E-state index in [9.17, 15) is 9.59 Å². The second kappa shape index (κ2) is 6.92. The number of aryl methyl sites for hydroxylation is 1. The van der Waals surface area contributed by atoms with Crippen LogP contribution in [0.3, 0.4) is 0 Å². The molecule has 2 heterocycles. The SMILES string of the molecule is Cc1cccc(NC(=O)Nc2ccc(-c3cccc4c3CNC4=O)nc2)c1. The monoisotopic (exact) mass is 358 g/mol. The topological polar surface area (TPSA) is 83.1 Å². The third-order valence-corrected chi connectivity index (χ3v) is 4.42. The van der Waals surface area contributed by atoms with Crippen molar-refractivity contribution in [3.8, 4) is 11.3 Å². The molecule has 2 aromatic carbocycles. The Bertz CT molecular complexity index is 1030. The van der Waals surface area contributed by atoms with Crippen molar-refractivity contribution in [2.75, 3.05) is 10.6 Å². The van der Waals surface area contributed by atoms with E-state index >= 15 is 0 Å². The van der Waals surface area contributed by atoms with Gasteiger partial charge >= 0.3 is 6.03 Å². The average Bonchev–Trinajstić information content (AvgIpc) is 3.04. The minimum atomic E-state index is -0.328. The van der Waals surface area contributed by atoms with E-state index in [1.807, 2.05) is 55.5 Å². The molecule has 0 fully saturated rings. The Morgan fingerprint density at radius 2 is 1.78 bits per heavy atom. The van der Waals surface area contributed by atoms with Crippen LogP contribution >= 0.6 is 0 Å². The van der Waals surface area contributed by atoms with Crippen molar-refractivity contribution in [3.05, 3.63) is 77.5 Å². The van der Waals surface area contributed by atoms with Crippen molar-refractivity contribution in [2.24, 2.45) is 0 Å². The number of aromatic nitrogens is 1. The first-order valence-electron chi connectivity index (χ1n) is 8.61. The van der Waals surface area contributed by atoms with Gasteiger partial charge in [0.1, 0.15) is 0 Å². The summed E-state index contributed by atoms with van der Waals surface area (Å²) >= 11 is 0. The summed E-state index contributed by atoms with van der Waals surface area (Å²) in [4.78, 5) is 28.4. The normalized spacial score (nSPS) is 12.3. The lowest BCUT2D eigenvalue weighted by Crippen LogP contribution is -2.19. The van der Waals surface area contributed by atoms with Crippen LogP contribution < -0.4 is 16.0 Å². The maximum Gasteiger partial charge on any atom is 0.323 e. The van der Waals surface area contributed by atoms with Crippen LogP contribution in [-0.2, 0) is 6.54 Å². The summed E-state index contributed by atoms with van der Waals surface area (Å²) in [7, 11) is 0. The zero-order chi connectivity index (χ0) is 18.8. The van der Waals surface area contributed by atoms with E-state index in [2.05, 4.69) is 20.9 Å². The lowest BCUT2D eigenvalue weighted by molar-refractivity contribution is 0.0965. The minimum absolute atomic E-state index is 0.0574. The highest BCUT2D eigenvalue weighted by Gasteiger charge is 2.22. The Morgan fingerprint density at radius 1 is 1.00 bits per heavy atom. The summed E-state index contributed by atoms with van der Waals surface area (Å²) in [5.74, 6) is -0.0574. The maximum atomic E-state index is 12.1. The largest absolute Gasteiger partial charge is 0.348 e. The molecule has 0 bridgehead atoms. The number of amides is 3. The highest BCUT2D eigenvalue weighted by atomic mass is 16.2. The summed E-state index contributed by atoms with van der Waals surface area (Å²) in [6, 6.07) is 16.5. The van der Waals surface area contributed by atoms with Gasteiger partial charge in [0.05, 0.1) is 17.6 Å². The summed E-state index contributed by atoms with van der Waals surface area (Å²) in [6.45, 7) is 2.47. The fourth-order valence-corrected chi connectivity index (χ4v) is 3.14. The number of carbonyl (C=O) groups excluding carboxylic acids is 2. The predicted octanol–water partition coefficient (Wildman–Crippen LogP) is 3.94. The molecule has 3 aromatic rings.